The normalized spacial score (nSPS) is 14.2. The molecule has 0 bridgehead atoms. The van der Waals surface area contributed by atoms with Gasteiger partial charge < -0.3 is 33.8 Å². The van der Waals surface area contributed by atoms with Crippen molar-refractivity contribution in [2.75, 3.05) is 39.6 Å². The lowest BCUT2D eigenvalue weighted by Crippen LogP contribution is -2.30. The lowest BCUT2D eigenvalue weighted by atomic mass is 10.0. The summed E-state index contributed by atoms with van der Waals surface area (Å²) in [5, 5.41) is 10.5. The van der Waals surface area contributed by atoms with E-state index in [1.807, 2.05) is 0 Å². The second-order valence-electron chi connectivity index (χ2n) is 24.3. The molecular formula is C66H128O17P2. The lowest BCUT2D eigenvalue weighted by molar-refractivity contribution is -0.161. The summed E-state index contributed by atoms with van der Waals surface area (Å²) in [5.74, 6) is -1.33. The average Bonchev–Trinajstić information content (AvgIpc) is 3.58. The van der Waals surface area contributed by atoms with E-state index in [0.29, 0.717) is 25.7 Å². The van der Waals surface area contributed by atoms with Gasteiger partial charge in [-0.15, -0.1) is 0 Å². The topological polar surface area (TPSA) is 237 Å². The van der Waals surface area contributed by atoms with E-state index < -0.39 is 97.5 Å². The SMILES string of the molecule is CCCCCCCCCCCCCCC(=O)OC[C@H](COP(=O)(O)OC[C@@H](O)COP(=O)(O)OC[C@@H](COC(=O)CCCCCCCCC)OC(=O)CCCCCCCCC)OC(=O)CCCCCCCCCCCCCCCCCCC(C)C. The van der Waals surface area contributed by atoms with Crippen LogP contribution in [-0.4, -0.2) is 96.7 Å². The van der Waals surface area contributed by atoms with Crippen LogP contribution in [0.5, 0.6) is 0 Å². The Labute approximate surface area is 517 Å². The van der Waals surface area contributed by atoms with E-state index in [1.54, 1.807) is 0 Å². The van der Waals surface area contributed by atoms with Gasteiger partial charge in [-0.1, -0.05) is 285 Å². The molecule has 504 valence electrons. The maximum Gasteiger partial charge on any atom is 0.472 e. The summed E-state index contributed by atoms with van der Waals surface area (Å²) in [4.78, 5) is 72.0. The fourth-order valence-electron chi connectivity index (χ4n) is 9.94. The maximum absolute atomic E-state index is 13.0. The minimum absolute atomic E-state index is 0.104. The van der Waals surface area contributed by atoms with Gasteiger partial charge in [-0.05, 0) is 31.6 Å². The van der Waals surface area contributed by atoms with E-state index in [4.69, 9.17) is 37.0 Å². The van der Waals surface area contributed by atoms with Crippen LogP contribution in [0.25, 0.3) is 0 Å². The summed E-state index contributed by atoms with van der Waals surface area (Å²) < 4.78 is 67.9. The minimum atomic E-state index is -4.94. The average molecular weight is 1260 g/mol. The number of phosphoric acid groups is 2. The van der Waals surface area contributed by atoms with Crippen molar-refractivity contribution in [2.24, 2.45) is 5.92 Å². The molecule has 0 aliphatic rings. The summed E-state index contributed by atoms with van der Waals surface area (Å²) in [5.41, 5.74) is 0. The van der Waals surface area contributed by atoms with Gasteiger partial charge in [0.15, 0.2) is 12.2 Å². The van der Waals surface area contributed by atoms with E-state index in [1.165, 1.54) is 135 Å². The molecule has 3 N–H and O–H groups in total. The summed E-state index contributed by atoms with van der Waals surface area (Å²) in [6.07, 6.45) is 44.7. The molecule has 0 aliphatic carbocycles. The molecule has 0 rings (SSSR count). The fourth-order valence-corrected chi connectivity index (χ4v) is 11.5. The Morgan fingerprint density at radius 3 is 0.800 bits per heavy atom. The van der Waals surface area contributed by atoms with Gasteiger partial charge in [-0.3, -0.25) is 37.3 Å². The molecule has 0 amide bonds. The first-order valence-corrected chi connectivity index (χ1v) is 37.6. The van der Waals surface area contributed by atoms with Crippen LogP contribution in [0.3, 0.4) is 0 Å². The zero-order chi connectivity index (χ0) is 62.8. The number of rotatable bonds is 66. The van der Waals surface area contributed by atoms with Crippen LogP contribution in [-0.2, 0) is 65.4 Å². The molecule has 0 radical (unpaired) electrons. The number of hydrogen-bond acceptors (Lipinski definition) is 15. The monoisotopic (exact) mass is 1250 g/mol. The predicted octanol–water partition coefficient (Wildman–Crippen LogP) is 18.6. The van der Waals surface area contributed by atoms with Crippen molar-refractivity contribution in [3.05, 3.63) is 0 Å². The second-order valence-corrected chi connectivity index (χ2v) is 27.2. The largest absolute Gasteiger partial charge is 0.472 e. The van der Waals surface area contributed by atoms with Crippen molar-refractivity contribution in [1.29, 1.82) is 0 Å². The van der Waals surface area contributed by atoms with Gasteiger partial charge in [-0.25, -0.2) is 9.13 Å². The zero-order valence-corrected chi connectivity index (χ0v) is 56.5. The number of hydrogen-bond donors (Lipinski definition) is 3. The molecule has 5 atom stereocenters. The van der Waals surface area contributed by atoms with Crippen molar-refractivity contribution >= 4 is 39.5 Å². The Morgan fingerprint density at radius 1 is 0.318 bits per heavy atom. The van der Waals surface area contributed by atoms with Crippen LogP contribution in [0.2, 0.25) is 0 Å². The Morgan fingerprint density at radius 2 is 0.541 bits per heavy atom. The van der Waals surface area contributed by atoms with Crippen LogP contribution < -0.4 is 0 Å². The number of carbonyl (C=O) groups is 4. The summed E-state index contributed by atoms with van der Waals surface area (Å²) in [6.45, 7) is 7.16. The van der Waals surface area contributed by atoms with Gasteiger partial charge in [-0.2, -0.15) is 0 Å². The molecule has 0 aromatic rings. The van der Waals surface area contributed by atoms with Crippen LogP contribution in [0, 0.1) is 5.92 Å². The number of phosphoric ester groups is 2. The minimum Gasteiger partial charge on any atom is -0.462 e. The molecular weight excluding hydrogens is 1130 g/mol. The van der Waals surface area contributed by atoms with Gasteiger partial charge in [0, 0.05) is 25.7 Å². The fraction of sp³-hybridized carbons (Fsp3) is 0.939. The number of aliphatic hydroxyl groups excluding tert-OH is 1. The van der Waals surface area contributed by atoms with E-state index >= 15 is 0 Å². The van der Waals surface area contributed by atoms with Gasteiger partial charge in [0.05, 0.1) is 26.4 Å². The number of carbonyl (C=O) groups excluding carboxylic acids is 4. The van der Waals surface area contributed by atoms with Crippen molar-refractivity contribution in [3.8, 4) is 0 Å². The molecule has 2 unspecified atom stereocenters. The van der Waals surface area contributed by atoms with Gasteiger partial charge in [0.2, 0.25) is 0 Å². The Bertz CT molecular complexity index is 1650. The summed E-state index contributed by atoms with van der Waals surface area (Å²) in [7, 11) is -9.88. The quantitative estimate of drug-likeness (QED) is 0.0222. The molecule has 0 aromatic carbocycles. The number of aliphatic hydroxyl groups is 1. The first kappa shape index (κ1) is 83.1. The van der Waals surface area contributed by atoms with E-state index in [-0.39, 0.29) is 25.7 Å². The Hall–Kier alpha value is -1.94. The van der Waals surface area contributed by atoms with Crippen molar-refractivity contribution < 1.29 is 80.2 Å². The molecule has 0 saturated carbocycles. The smallest absolute Gasteiger partial charge is 0.462 e. The predicted molar refractivity (Wildman–Crippen MR) is 340 cm³/mol. The molecule has 0 aromatic heterocycles. The second kappa shape index (κ2) is 59.7. The highest BCUT2D eigenvalue weighted by molar-refractivity contribution is 7.47. The number of unbranched alkanes of at least 4 members (excludes halogenated alkanes) is 38. The third kappa shape index (κ3) is 60.7. The van der Waals surface area contributed by atoms with E-state index in [2.05, 4.69) is 34.6 Å². The van der Waals surface area contributed by atoms with Gasteiger partial charge in [0.1, 0.15) is 19.3 Å². The first-order chi connectivity index (χ1) is 41.0. The highest BCUT2D eigenvalue weighted by atomic mass is 31.2. The number of ether oxygens (including phenoxy) is 4. The van der Waals surface area contributed by atoms with Crippen molar-refractivity contribution in [1.82, 2.24) is 0 Å². The standard InChI is InChI=1S/C66H128O17P2/c1-6-9-12-15-18-19-20-28-31-36-40-45-50-64(69)77-56-62(83-66(71)52-47-42-37-32-29-26-24-22-21-23-25-27-30-35-38-43-48-59(4)5)58-81-85(74,75)79-54-60(67)53-78-84(72,73)80-57-61(82-65(70)51-46-41-34-17-14-11-8-3)55-76-63(68)49-44-39-33-16-13-10-7-2/h59-62,67H,6-58H2,1-5H3,(H,72,73)(H,74,75)/t60-,61+,62+/m0/s1. The van der Waals surface area contributed by atoms with Crippen molar-refractivity contribution in [2.45, 2.75) is 355 Å². The first-order valence-electron chi connectivity index (χ1n) is 34.6. The molecule has 0 fully saturated rings. The molecule has 0 heterocycles. The molecule has 0 saturated heterocycles. The number of esters is 4. The molecule has 0 spiro atoms. The van der Waals surface area contributed by atoms with Crippen LogP contribution in [0.1, 0.15) is 336 Å². The zero-order valence-electron chi connectivity index (χ0n) is 54.7. The third-order valence-electron chi connectivity index (χ3n) is 15.3. The van der Waals surface area contributed by atoms with Crippen LogP contribution in [0.15, 0.2) is 0 Å². The van der Waals surface area contributed by atoms with E-state index in [9.17, 15) is 43.2 Å². The van der Waals surface area contributed by atoms with E-state index in [0.717, 1.165) is 121 Å². The lowest BCUT2D eigenvalue weighted by Gasteiger charge is -2.21. The Kier molecular flexibility index (Phi) is 58.3. The Balaban J connectivity index is 5.13. The summed E-state index contributed by atoms with van der Waals surface area (Å²) in [6, 6.07) is 0. The molecule has 17 nitrogen and oxygen atoms in total. The van der Waals surface area contributed by atoms with Gasteiger partial charge >= 0.3 is 39.5 Å². The van der Waals surface area contributed by atoms with Crippen LogP contribution >= 0.6 is 15.6 Å². The molecule has 0 aliphatic heterocycles. The third-order valence-corrected chi connectivity index (χ3v) is 17.2. The van der Waals surface area contributed by atoms with Crippen molar-refractivity contribution in [3.63, 3.8) is 0 Å². The van der Waals surface area contributed by atoms with Crippen LogP contribution in [0.4, 0.5) is 0 Å². The molecule has 85 heavy (non-hydrogen) atoms. The maximum atomic E-state index is 13.0. The van der Waals surface area contributed by atoms with Gasteiger partial charge in [0.25, 0.3) is 0 Å². The summed E-state index contributed by atoms with van der Waals surface area (Å²) >= 11 is 0. The highest BCUT2D eigenvalue weighted by Gasteiger charge is 2.30. The highest BCUT2D eigenvalue weighted by Crippen LogP contribution is 2.45. The molecule has 19 heteroatoms.